The van der Waals surface area contributed by atoms with Crippen LogP contribution in [0, 0.1) is 0 Å². The number of rotatable bonds is 11. The smallest absolute Gasteiger partial charge is 0.228 e. The lowest BCUT2D eigenvalue weighted by atomic mass is 10.1. The molecular weight excluding hydrogens is 502 g/mol. The average Bonchev–Trinajstić information content (AvgIpc) is 3.69. The van der Waals surface area contributed by atoms with Gasteiger partial charge in [0.1, 0.15) is 5.76 Å². The summed E-state index contributed by atoms with van der Waals surface area (Å²) in [6.45, 7) is 1.46. The number of hydrogen-bond acceptors (Lipinski definition) is 6. The number of imidazole rings is 1. The summed E-state index contributed by atoms with van der Waals surface area (Å²) in [5.41, 5.74) is 2.24. The van der Waals surface area contributed by atoms with E-state index >= 15 is 0 Å². The van der Waals surface area contributed by atoms with Crippen molar-refractivity contribution in [2.75, 3.05) is 6.61 Å². The lowest BCUT2D eigenvalue weighted by Gasteiger charge is -2.24. The highest BCUT2D eigenvalue weighted by molar-refractivity contribution is 7.90. The Labute approximate surface area is 222 Å². The van der Waals surface area contributed by atoms with Crippen LogP contribution in [0.15, 0.2) is 94.8 Å². The molecule has 8 nitrogen and oxygen atoms in total. The Morgan fingerprint density at radius 3 is 2.37 bits per heavy atom. The van der Waals surface area contributed by atoms with E-state index in [1.807, 2.05) is 54.6 Å². The summed E-state index contributed by atoms with van der Waals surface area (Å²) in [6.07, 6.45) is 5.04. The Morgan fingerprint density at radius 2 is 1.71 bits per heavy atom. The third-order valence-corrected chi connectivity index (χ3v) is 8.22. The van der Waals surface area contributed by atoms with Gasteiger partial charge in [0, 0.05) is 6.61 Å². The molecule has 2 aromatic heterocycles. The second-order valence-electron chi connectivity index (χ2n) is 9.51. The van der Waals surface area contributed by atoms with Crippen molar-refractivity contribution in [1.82, 2.24) is 14.5 Å². The largest absolute Gasteiger partial charge is 0.467 e. The van der Waals surface area contributed by atoms with Gasteiger partial charge in [0.05, 0.1) is 56.1 Å². The van der Waals surface area contributed by atoms with E-state index in [-0.39, 0.29) is 42.4 Å². The van der Waals surface area contributed by atoms with Crippen molar-refractivity contribution in [1.29, 1.82) is 0 Å². The quantitative estimate of drug-likeness (QED) is 0.284. The number of benzene rings is 2. The number of amides is 1. The summed E-state index contributed by atoms with van der Waals surface area (Å²) >= 11 is 0. The second kappa shape index (κ2) is 11.8. The van der Waals surface area contributed by atoms with Crippen LogP contribution in [0.25, 0.3) is 0 Å². The molecule has 2 aromatic carbocycles. The molecule has 38 heavy (non-hydrogen) atoms. The van der Waals surface area contributed by atoms with Gasteiger partial charge >= 0.3 is 0 Å². The summed E-state index contributed by atoms with van der Waals surface area (Å²) in [5.74, 6) is 0.401. The zero-order valence-electron chi connectivity index (χ0n) is 21.1. The van der Waals surface area contributed by atoms with Crippen LogP contribution in [0.3, 0.4) is 0 Å². The Morgan fingerprint density at radius 1 is 0.974 bits per heavy atom. The van der Waals surface area contributed by atoms with Crippen LogP contribution in [-0.2, 0) is 51.2 Å². The fraction of sp³-hybridized carbons (Fsp3) is 0.310. The van der Waals surface area contributed by atoms with Crippen LogP contribution in [0.2, 0.25) is 0 Å². The normalized spacial score (nSPS) is 15.5. The van der Waals surface area contributed by atoms with Crippen molar-refractivity contribution in [3.63, 3.8) is 0 Å². The monoisotopic (exact) mass is 533 g/mol. The van der Waals surface area contributed by atoms with E-state index in [1.165, 1.54) is 0 Å². The third-order valence-electron chi connectivity index (χ3n) is 6.62. The Hall–Kier alpha value is -3.69. The molecule has 1 atom stereocenters. The molecular formula is C29H31N3O5S. The molecule has 0 aliphatic carbocycles. The second-order valence-corrected chi connectivity index (χ2v) is 11.4. The zero-order valence-corrected chi connectivity index (χ0v) is 21.9. The first kappa shape index (κ1) is 25.9. The van der Waals surface area contributed by atoms with Gasteiger partial charge in [-0.3, -0.25) is 4.79 Å². The number of sulfone groups is 1. The number of ether oxygens (including phenoxy) is 1. The van der Waals surface area contributed by atoms with Gasteiger partial charge < -0.3 is 18.6 Å². The zero-order chi connectivity index (χ0) is 26.4. The maximum Gasteiger partial charge on any atom is 0.228 e. The highest BCUT2D eigenvalue weighted by Crippen LogP contribution is 2.23. The minimum absolute atomic E-state index is 0.000287. The fourth-order valence-electron chi connectivity index (χ4n) is 4.71. The molecule has 5 rings (SSSR count). The summed E-state index contributed by atoms with van der Waals surface area (Å²) in [7, 11) is -3.74. The van der Waals surface area contributed by atoms with Gasteiger partial charge in [0.15, 0.2) is 0 Å². The standard InChI is InChI=1S/C29H31N3O5S/c33-28(17-23-9-3-1-4-10-23)31(20-26-13-7-15-36-26)19-25-18-30-29(32(25)21-27-14-8-16-37-27)38(34,35)22-24-11-5-2-6-12-24/h1-7,9-13,15,18,27H,8,14,16-17,19-22H2/t27-/m1/s1. The molecule has 1 aliphatic heterocycles. The topological polar surface area (TPSA) is 94.6 Å². The maximum absolute atomic E-state index is 13.5. The number of furan rings is 1. The van der Waals surface area contributed by atoms with Crippen LogP contribution in [0.1, 0.15) is 35.4 Å². The molecule has 9 heteroatoms. The Kier molecular flexibility index (Phi) is 8.05. The van der Waals surface area contributed by atoms with E-state index < -0.39 is 9.84 Å². The summed E-state index contributed by atoms with van der Waals surface area (Å²) in [4.78, 5) is 19.5. The lowest BCUT2D eigenvalue weighted by Crippen LogP contribution is -2.33. The summed E-state index contributed by atoms with van der Waals surface area (Å²) < 4.78 is 40.1. The number of nitrogens with zero attached hydrogens (tertiary/aromatic N) is 3. The van der Waals surface area contributed by atoms with E-state index in [1.54, 1.807) is 40.1 Å². The minimum atomic E-state index is -3.74. The lowest BCUT2D eigenvalue weighted by molar-refractivity contribution is -0.132. The van der Waals surface area contributed by atoms with E-state index in [0.717, 1.165) is 18.4 Å². The van der Waals surface area contributed by atoms with Crippen molar-refractivity contribution in [3.8, 4) is 0 Å². The molecule has 3 heterocycles. The molecule has 0 spiro atoms. The molecule has 198 valence electrons. The first-order valence-corrected chi connectivity index (χ1v) is 14.4. The molecule has 0 saturated carbocycles. The van der Waals surface area contributed by atoms with Crippen LogP contribution in [0.4, 0.5) is 0 Å². The highest BCUT2D eigenvalue weighted by atomic mass is 32.2. The third kappa shape index (κ3) is 6.41. The van der Waals surface area contributed by atoms with Crippen LogP contribution in [-0.4, -0.2) is 41.5 Å². The van der Waals surface area contributed by atoms with E-state index in [4.69, 9.17) is 9.15 Å². The molecule has 0 N–H and O–H groups in total. The van der Waals surface area contributed by atoms with Gasteiger partial charge in [-0.25, -0.2) is 13.4 Å². The average molecular weight is 534 g/mol. The molecule has 0 bridgehead atoms. The van der Waals surface area contributed by atoms with Crippen molar-refractivity contribution in [3.05, 3.63) is 108 Å². The van der Waals surface area contributed by atoms with Crippen molar-refractivity contribution < 1.29 is 22.4 Å². The van der Waals surface area contributed by atoms with Crippen molar-refractivity contribution in [2.45, 2.75) is 55.9 Å². The molecule has 1 aliphatic rings. The van der Waals surface area contributed by atoms with E-state index in [2.05, 4.69) is 4.98 Å². The highest BCUT2D eigenvalue weighted by Gasteiger charge is 2.28. The minimum Gasteiger partial charge on any atom is -0.467 e. The SMILES string of the molecule is O=C(Cc1ccccc1)N(Cc1ccco1)Cc1cnc(S(=O)(=O)Cc2ccccc2)n1C[C@H]1CCCO1. The number of carbonyl (C=O) groups is 1. The maximum atomic E-state index is 13.5. The molecule has 1 fully saturated rings. The molecule has 1 saturated heterocycles. The molecule has 0 unspecified atom stereocenters. The van der Waals surface area contributed by atoms with Gasteiger partial charge in [-0.1, -0.05) is 60.7 Å². The summed E-state index contributed by atoms with van der Waals surface area (Å²) in [5, 5.41) is 0.000287. The van der Waals surface area contributed by atoms with E-state index in [9.17, 15) is 13.2 Å². The Bertz CT molecular complexity index is 1430. The van der Waals surface area contributed by atoms with Crippen molar-refractivity contribution in [2.24, 2.45) is 0 Å². The van der Waals surface area contributed by atoms with Crippen LogP contribution in [0.5, 0.6) is 0 Å². The van der Waals surface area contributed by atoms with Gasteiger partial charge in [-0.2, -0.15) is 0 Å². The predicted molar refractivity (Wildman–Crippen MR) is 142 cm³/mol. The van der Waals surface area contributed by atoms with Gasteiger partial charge in [-0.05, 0) is 36.1 Å². The first-order chi connectivity index (χ1) is 18.5. The van der Waals surface area contributed by atoms with Gasteiger partial charge in [0.25, 0.3) is 0 Å². The molecule has 1 amide bonds. The first-order valence-electron chi connectivity index (χ1n) is 12.7. The van der Waals surface area contributed by atoms with Crippen LogP contribution >= 0.6 is 0 Å². The number of carbonyl (C=O) groups excluding carboxylic acids is 1. The molecule has 4 aromatic rings. The number of hydrogen-bond donors (Lipinski definition) is 0. The predicted octanol–water partition coefficient (Wildman–Crippen LogP) is 4.40. The van der Waals surface area contributed by atoms with Crippen molar-refractivity contribution >= 4 is 15.7 Å². The van der Waals surface area contributed by atoms with E-state index in [0.29, 0.717) is 30.2 Å². The summed E-state index contributed by atoms with van der Waals surface area (Å²) in [6, 6.07) is 22.2. The van der Waals surface area contributed by atoms with Crippen LogP contribution < -0.4 is 0 Å². The Balaban J connectivity index is 1.45. The number of aromatic nitrogens is 2. The van der Waals surface area contributed by atoms with Gasteiger partial charge in [-0.15, -0.1) is 0 Å². The van der Waals surface area contributed by atoms with Gasteiger partial charge in [0.2, 0.25) is 20.9 Å². The molecule has 0 radical (unpaired) electrons. The fourth-order valence-corrected chi connectivity index (χ4v) is 6.21.